The molecule has 0 aliphatic carbocycles. The van der Waals surface area contributed by atoms with Gasteiger partial charge in [-0.05, 0) is 42.3 Å². The van der Waals surface area contributed by atoms with Crippen molar-refractivity contribution in [2.45, 2.75) is 12.8 Å². The Balaban J connectivity index is 1.62. The molecule has 0 bridgehead atoms. The molecule has 0 aromatic heterocycles. The number of phenols is 1. The van der Waals surface area contributed by atoms with Gasteiger partial charge >= 0.3 is 0 Å². The van der Waals surface area contributed by atoms with Gasteiger partial charge in [0, 0.05) is 18.7 Å². The predicted octanol–water partition coefficient (Wildman–Crippen LogP) is 4.03. The second kappa shape index (κ2) is 10.3. The number of hydrogen-bond donors (Lipinski definition) is 2. The molecule has 1 aliphatic heterocycles. The Bertz CT molecular complexity index is 999. The first-order chi connectivity index (χ1) is 14.9. The Labute approximate surface area is 190 Å². The summed E-state index contributed by atoms with van der Waals surface area (Å²) < 4.78 is 10.8. The van der Waals surface area contributed by atoms with Crippen LogP contribution in [-0.4, -0.2) is 46.9 Å². The second-order valence-corrected chi connectivity index (χ2v) is 8.30. The van der Waals surface area contributed by atoms with Crippen LogP contribution in [0.1, 0.15) is 18.4 Å². The van der Waals surface area contributed by atoms with Crippen molar-refractivity contribution in [1.29, 1.82) is 0 Å². The number of amides is 2. The lowest BCUT2D eigenvalue weighted by atomic mass is 10.1. The third-order valence-corrected chi connectivity index (χ3v) is 5.89. The van der Waals surface area contributed by atoms with Crippen molar-refractivity contribution in [2.24, 2.45) is 0 Å². The monoisotopic (exact) mass is 458 g/mol. The molecule has 3 rings (SSSR count). The zero-order chi connectivity index (χ0) is 22.4. The molecule has 1 fully saturated rings. The molecule has 162 valence electrons. The zero-order valence-corrected chi connectivity index (χ0v) is 18.7. The first-order valence-corrected chi connectivity index (χ1v) is 10.7. The highest BCUT2D eigenvalue weighted by Crippen LogP contribution is 2.39. The van der Waals surface area contributed by atoms with Crippen LogP contribution in [0.2, 0.25) is 0 Å². The standard InChI is InChI=1S/C22H22N2O5S2/c1-28-16-11-14(12-17(29-2)20(16)26)13-18-21(27)24(22(30)31-18)10-6-9-19(25)23-15-7-4-3-5-8-15/h3-5,7-8,11-13,26H,6,9-10H2,1-2H3,(H,23,25)/b18-13-. The van der Waals surface area contributed by atoms with Crippen LogP contribution in [0.4, 0.5) is 5.69 Å². The summed E-state index contributed by atoms with van der Waals surface area (Å²) in [5.41, 5.74) is 1.37. The van der Waals surface area contributed by atoms with E-state index in [0.29, 0.717) is 27.8 Å². The van der Waals surface area contributed by atoms with Crippen molar-refractivity contribution < 1.29 is 24.2 Å². The van der Waals surface area contributed by atoms with Crippen LogP contribution in [0, 0.1) is 0 Å². The van der Waals surface area contributed by atoms with E-state index < -0.39 is 0 Å². The molecule has 9 heteroatoms. The number of nitrogens with one attached hydrogen (secondary N) is 1. The van der Waals surface area contributed by atoms with Crippen molar-refractivity contribution in [3.05, 3.63) is 52.9 Å². The highest BCUT2D eigenvalue weighted by Gasteiger charge is 2.31. The van der Waals surface area contributed by atoms with E-state index in [0.717, 1.165) is 5.69 Å². The molecule has 31 heavy (non-hydrogen) atoms. The third kappa shape index (κ3) is 5.56. The molecule has 1 aliphatic rings. The molecule has 1 saturated heterocycles. The van der Waals surface area contributed by atoms with Gasteiger partial charge in [-0.2, -0.15) is 0 Å². The van der Waals surface area contributed by atoms with Crippen molar-refractivity contribution >= 4 is 51.9 Å². The van der Waals surface area contributed by atoms with E-state index in [9.17, 15) is 14.7 Å². The molecule has 0 atom stereocenters. The predicted molar refractivity (Wildman–Crippen MR) is 125 cm³/mol. The maximum atomic E-state index is 12.8. The number of rotatable bonds is 8. The smallest absolute Gasteiger partial charge is 0.266 e. The Morgan fingerprint density at radius 3 is 2.45 bits per heavy atom. The molecule has 0 unspecified atom stereocenters. The number of carbonyl (C=O) groups excluding carboxylic acids is 2. The van der Waals surface area contributed by atoms with Crippen molar-refractivity contribution in [1.82, 2.24) is 4.90 Å². The Hall–Kier alpha value is -3.04. The maximum Gasteiger partial charge on any atom is 0.266 e. The molecule has 0 radical (unpaired) electrons. The molecular formula is C22H22N2O5S2. The lowest BCUT2D eigenvalue weighted by molar-refractivity contribution is -0.122. The van der Waals surface area contributed by atoms with Gasteiger partial charge in [0.05, 0.1) is 19.1 Å². The molecule has 7 nitrogen and oxygen atoms in total. The lowest BCUT2D eigenvalue weighted by Crippen LogP contribution is -2.29. The molecular weight excluding hydrogens is 436 g/mol. The minimum atomic E-state index is -0.218. The molecule has 2 N–H and O–H groups in total. The molecule has 0 saturated carbocycles. The number of ether oxygens (including phenoxy) is 2. The van der Waals surface area contributed by atoms with Gasteiger partial charge in [-0.3, -0.25) is 14.5 Å². The lowest BCUT2D eigenvalue weighted by Gasteiger charge is -2.14. The minimum Gasteiger partial charge on any atom is -0.502 e. The van der Waals surface area contributed by atoms with Crippen LogP contribution < -0.4 is 14.8 Å². The molecule has 2 aromatic rings. The van der Waals surface area contributed by atoms with Crippen LogP contribution in [0.15, 0.2) is 47.4 Å². The number of thiocarbonyl (C=S) groups is 1. The molecule has 0 spiro atoms. The van der Waals surface area contributed by atoms with E-state index in [1.165, 1.54) is 30.9 Å². The van der Waals surface area contributed by atoms with Gasteiger partial charge in [0.15, 0.2) is 11.5 Å². The quantitative estimate of drug-likeness (QED) is 0.456. The average Bonchev–Trinajstić information content (AvgIpc) is 3.02. The Morgan fingerprint density at radius 2 is 1.84 bits per heavy atom. The number of thioether (sulfide) groups is 1. The Kier molecular flexibility index (Phi) is 7.54. The Morgan fingerprint density at radius 1 is 1.19 bits per heavy atom. The van der Waals surface area contributed by atoms with E-state index in [2.05, 4.69) is 5.32 Å². The SMILES string of the molecule is COc1cc(/C=C2\SC(=S)N(CCCC(=O)Nc3ccccc3)C2=O)cc(OC)c1O. The highest BCUT2D eigenvalue weighted by molar-refractivity contribution is 8.26. The fourth-order valence-corrected chi connectivity index (χ4v) is 4.29. The number of benzene rings is 2. The zero-order valence-electron chi connectivity index (χ0n) is 17.1. The van der Waals surface area contributed by atoms with Crippen LogP contribution in [-0.2, 0) is 9.59 Å². The summed E-state index contributed by atoms with van der Waals surface area (Å²) in [4.78, 5) is 26.8. The summed E-state index contributed by atoms with van der Waals surface area (Å²) in [6, 6.07) is 12.4. The van der Waals surface area contributed by atoms with Gasteiger partial charge in [-0.15, -0.1) is 0 Å². The molecule has 1 heterocycles. The summed E-state index contributed by atoms with van der Waals surface area (Å²) in [5.74, 6) is 0.0411. The molecule has 2 aromatic carbocycles. The number of para-hydroxylation sites is 1. The number of aromatic hydroxyl groups is 1. The fourth-order valence-electron chi connectivity index (χ4n) is 2.98. The largest absolute Gasteiger partial charge is 0.502 e. The van der Waals surface area contributed by atoms with Crippen LogP contribution >= 0.6 is 24.0 Å². The first-order valence-electron chi connectivity index (χ1n) is 9.48. The fraction of sp³-hybridized carbons (Fsp3) is 0.227. The second-order valence-electron chi connectivity index (χ2n) is 6.63. The topological polar surface area (TPSA) is 88.1 Å². The van der Waals surface area contributed by atoms with Crippen LogP contribution in [0.3, 0.4) is 0 Å². The van der Waals surface area contributed by atoms with Gasteiger partial charge in [0.2, 0.25) is 11.7 Å². The molecule has 2 amide bonds. The van der Waals surface area contributed by atoms with Crippen molar-refractivity contribution in [3.8, 4) is 17.2 Å². The van der Waals surface area contributed by atoms with Crippen molar-refractivity contribution in [3.63, 3.8) is 0 Å². The number of nitrogens with zero attached hydrogens (tertiary/aromatic N) is 1. The number of phenolic OH excluding ortho intramolecular Hbond substituents is 1. The highest BCUT2D eigenvalue weighted by atomic mass is 32.2. The van der Waals surface area contributed by atoms with E-state index in [1.807, 2.05) is 30.3 Å². The number of hydrogen-bond acceptors (Lipinski definition) is 7. The summed E-state index contributed by atoms with van der Waals surface area (Å²) in [6.45, 7) is 0.354. The summed E-state index contributed by atoms with van der Waals surface area (Å²) in [5, 5.41) is 12.9. The van der Waals surface area contributed by atoms with Crippen LogP contribution in [0.25, 0.3) is 6.08 Å². The van der Waals surface area contributed by atoms with Gasteiger partial charge in [0.1, 0.15) is 4.32 Å². The number of methoxy groups -OCH3 is 2. The first kappa shape index (κ1) is 22.6. The van der Waals surface area contributed by atoms with E-state index in [-0.39, 0.29) is 35.5 Å². The van der Waals surface area contributed by atoms with Crippen LogP contribution in [0.5, 0.6) is 17.2 Å². The summed E-state index contributed by atoms with van der Waals surface area (Å²) in [6.07, 6.45) is 2.43. The number of carbonyl (C=O) groups is 2. The van der Waals surface area contributed by atoms with Gasteiger partial charge in [-0.1, -0.05) is 42.2 Å². The maximum absolute atomic E-state index is 12.8. The van der Waals surface area contributed by atoms with E-state index in [1.54, 1.807) is 18.2 Å². The normalized spacial score (nSPS) is 14.8. The van der Waals surface area contributed by atoms with E-state index >= 15 is 0 Å². The van der Waals surface area contributed by atoms with Crippen molar-refractivity contribution in [2.75, 3.05) is 26.1 Å². The summed E-state index contributed by atoms with van der Waals surface area (Å²) >= 11 is 6.54. The average molecular weight is 459 g/mol. The van der Waals surface area contributed by atoms with Gasteiger partial charge in [0.25, 0.3) is 5.91 Å². The van der Waals surface area contributed by atoms with E-state index in [4.69, 9.17) is 21.7 Å². The minimum absolute atomic E-state index is 0.108. The third-order valence-electron chi connectivity index (χ3n) is 4.52. The summed E-state index contributed by atoms with van der Waals surface area (Å²) in [7, 11) is 2.87. The van der Waals surface area contributed by atoms with Gasteiger partial charge in [-0.25, -0.2) is 0 Å². The number of anilines is 1. The van der Waals surface area contributed by atoms with Gasteiger partial charge < -0.3 is 19.9 Å².